The van der Waals surface area contributed by atoms with Gasteiger partial charge in [0.2, 0.25) is 0 Å². The molecule has 1 nitrogen and oxygen atoms in total. The van der Waals surface area contributed by atoms with Crippen molar-refractivity contribution in [2.45, 2.75) is 39.2 Å². The van der Waals surface area contributed by atoms with Crippen LogP contribution in [0.2, 0.25) is 0 Å². The molecule has 0 spiro atoms. The molecule has 0 aliphatic heterocycles. The largest absolute Gasteiger partial charge is 0.312 e. The Labute approximate surface area is 98.3 Å². The normalized spacial score (nSPS) is 22.1. The van der Waals surface area contributed by atoms with Gasteiger partial charge in [0.05, 0.1) is 0 Å². The zero-order valence-corrected chi connectivity index (χ0v) is 10.1. The van der Waals surface area contributed by atoms with E-state index in [1.807, 2.05) is 0 Å². The minimum atomic E-state index is 0.726. The van der Waals surface area contributed by atoms with Crippen LogP contribution in [-0.2, 0) is 6.54 Å². The van der Waals surface area contributed by atoms with E-state index in [9.17, 15) is 0 Å². The Hall–Kier alpha value is -0.820. The van der Waals surface area contributed by atoms with Crippen molar-refractivity contribution in [3.8, 4) is 0 Å². The van der Waals surface area contributed by atoms with E-state index in [2.05, 4.69) is 36.5 Å². The lowest BCUT2D eigenvalue weighted by Crippen LogP contribution is -2.25. The molecule has 1 aromatic carbocycles. The van der Waals surface area contributed by atoms with Crippen molar-refractivity contribution in [3.05, 3.63) is 35.4 Å². The van der Waals surface area contributed by atoms with E-state index in [-0.39, 0.29) is 0 Å². The van der Waals surface area contributed by atoms with E-state index in [0.717, 1.165) is 17.9 Å². The highest BCUT2D eigenvalue weighted by Crippen LogP contribution is 2.60. The van der Waals surface area contributed by atoms with Crippen molar-refractivity contribution in [2.75, 3.05) is 6.54 Å². The summed E-state index contributed by atoms with van der Waals surface area (Å²) in [6.07, 6.45) is 5.93. The molecule has 0 radical (unpaired) electrons. The fourth-order valence-electron chi connectivity index (χ4n) is 2.86. The second-order valence-corrected chi connectivity index (χ2v) is 5.73. The lowest BCUT2D eigenvalue weighted by Gasteiger charge is -2.15. The molecule has 0 unspecified atom stereocenters. The zero-order chi connectivity index (χ0) is 11.0. The maximum atomic E-state index is 3.65. The topological polar surface area (TPSA) is 12.0 Å². The molecule has 1 N–H and O–H groups in total. The molecule has 0 saturated heterocycles. The molecule has 86 valence electrons. The summed E-state index contributed by atoms with van der Waals surface area (Å²) < 4.78 is 0. The molecule has 2 aliphatic rings. The van der Waals surface area contributed by atoms with Crippen LogP contribution < -0.4 is 5.32 Å². The first-order valence-corrected chi connectivity index (χ1v) is 6.55. The Morgan fingerprint density at radius 2 is 2.12 bits per heavy atom. The van der Waals surface area contributed by atoms with E-state index in [1.165, 1.54) is 43.4 Å². The predicted molar refractivity (Wildman–Crippen MR) is 67.3 cm³/mol. The minimum Gasteiger partial charge on any atom is -0.312 e. The van der Waals surface area contributed by atoms with Gasteiger partial charge in [-0.15, -0.1) is 0 Å². The van der Waals surface area contributed by atoms with Crippen molar-refractivity contribution in [1.29, 1.82) is 0 Å². The summed E-state index contributed by atoms with van der Waals surface area (Å²) in [6.45, 7) is 4.44. The van der Waals surface area contributed by atoms with Gasteiger partial charge in [0.15, 0.2) is 0 Å². The van der Waals surface area contributed by atoms with Crippen LogP contribution in [0.3, 0.4) is 0 Å². The van der Waals surface area contributed by atoms with Crippen LogP contribution in [-0.4, -0.2) is 6.54 Å². The van der Waals surface area contributed by atoms with Crippen LogP contribution in [0.5, 0.6) is 0 Å². The van der Waals surface area contributed by atoms with Crippen LogP contribution >= 0.6 is 0 Å². The van der Waals surface area contributed by atoms with Crippen LogP contribution in [0, 0.1) is 18.3 Å². The highest BCUT2D eigenvalue weighted by Gasteiger charge is 2.53. The average molecular weight is 215 g/mol. The maximum Gasteiger partial charge on any atom is 0.0205 e. The first-order valence-electron chi connectivity index (χ1n) is 6.55. The summed E-state index contributed by atoms with van der Waals surface area (Å²) in [5.41, 5.74) is 3.51. The maximum absolute atomic E-state index is 3.65. The summed E-state index contributed by atoms with van der Waals surface area (Å²) in [4.78, 5) is 0. The third-order valence-corrected chi connectivity index (χ3v) is 4.22. The van der Waals surface area contributed by atoms with Gasteiger partial charge >= 0.3 is 0 Å². The lowest BCUT2D eigenvalue weighted by molar-refractivity contribution is 0.403. The third-order valence-electron chi connectivity index (χ3n) is 4.22. The van der Waals surface area contributed by atoms with Crippen molar-refractivity contribution in [2.24, 2.45) is 11.3 Å². The third kappa shape index (κ3) is 2.15. The number of nitrogens with one attached hydrogen (secondary N) is 1. The quantitative estimate of drug-likeness (QED) is 0.795. The standard InChI is InChI=1S/C15H21N/c1-12-3-2-4-13(9-12)10-16-11-15(7-8-15)14-5-6-14/h2-4,9,14,16H,5-8,10-11H2,1H3. The first kappa shape index (κ1) is 10.3. The highest BCUT2D eigenvalue weighted by molar-refractivity contribution is 5.22. The summed E-state index contributed by atoms with van der Waals surface area (Å²) in [5.74, 6) is 1.07. The summed E-state index contributed by atoms with van der Waals surface area (Å²) >= 11 is 0. The summed E-state index contributed by atoms with van der Waals surface area (Å²) in [7, 11) is 0. The van der Waals surface area contributed by atoms with Crippen LogP contribution in [0.15, 0.2) is 24.3 Å². The van der Waals surface area contributed by atoms with Gasteiger partial charge in [-0.2, -0.15) is 0 Å². The van der Waals surface area contributed by atoms with Gasteiger partial charge in [0.1, 0.15) is 0 Å². The molecule has 1 heteroatoms. The molecule has 1 aromatic rings. The molecule has 0 atom stereocenters. The summed E-state index contributed by atoms with van der Waals surface area (Å²) in [6, 6.07) is 8.82. The number of hydrogen-bond acceptors (Lipinski definition) is 1. The van der Waals surface area contributed by atoms with Crippen molar-refractivity contribution in [3.63, 3.8) is 0 Å². The molecule has 2 fully saturated rings. The van der Waals surface area contributed by atoms with Crippen LogP contribution in [0.25, 0.3) is 0 Å². The molecule has 0 heterocycles. The number of aryl methyl sites for hydroxylation is 1. The Morgan fingerprint density at radius 1 is 1.31 bits per heavy atom. The molecule has 16 heavy (non-hydrogen) atoms. The van der Waals surface area contributed by atoms with Gasteiger partial charge in [-0.25, -0.2) is 0 Å². The molecule has 0 bridgehead atoms. The Balaban J connectivity index is 1.50. The van der Waals surface area contributed by atoms with E-state index in [4.69, 9.17) is 0 Å². The fraction of sp³-hybridized carbons (Fsp3) is 0.600. The molecule has 0 amide bonds. The Bertz CT molecular complexity index is 375. The predicted octanol–water partition coefficient (Wildman–Crippen LogP) is 3.27. The van der Waals surface area contributed by atoms with Gasteiger partial charge in [-0.05, 0) is 49.5 Å². The first-order chi connectivity index (χ1) is 7.78. The van der Waals surface area contributed by atoms with E-state index in [0.29, 0.717) is 0 Å². The van der Waals surface area contributed by atoms with E-state index < -0.39 is 0 Å². The Kier molecular flexibility index (Phi) is 2.51. The number of hydrogen-bond donors (Lipinski definition) is 1. The molecular formula is C15H21N. The average Bonchev–Trinajstić information content (AvgIpc) is 3.13. The number of rotatable bonds is 5. The highest BCUT2D eigenvalue weighted by atomic mass is 14.9. The molecule has 0 aromatic heterocycles. The SMILES string of the molecule is Cc1cccc(CNCC2(C3CC3)CC2)c1. The zero-order valence-electron chi connectivity index (χ0n) is 10.1. The van der Waals surface area contributed by atoms with Gasteiger partial charge in [-0.1, -0.05) is 29.8 Å². The van der Waals surface area contributed by atoms with Crippen molar-refractivity contribution >= 4 is 0 Å². The molecule has 2 aliphatic carbocycles. The summed E-state index contributed by atoms with van der Waals surface area (Å²) in [5, 5.41) is 3.65. The second-order valence-electron chi connectivity index (χ2n) is 5.73. The minimum absolute atomic E-state index is 0.726. The van der Waals surface area contributed by atoms with E-state index >= 15 is 0 Å². The second kappa shape index (κ2) is 3.89. The fourth-order valence-corrected chi connectivity index (χ4v) is 2.86. The van der Waals surface area contributed by atoms with Crippen molar-refractivity contribution < 1.29 is 0 Å². The van der Waals surface area contributed by atoms with Gasteiger partial charge in [0.25, 0.3) is 0 Å². The van der Waals surface area contributed by atoms with Gasteiger partial charge in [0, 0.05) is 13.1 Å². The molecule has 3 rings (SSSR count). The van der Waals surface area contributed by atoms with Crippen molar-refractivity contribution in [1.82, 2.24) is 5.32 Å². The molecular weight excluding hydrogens is 194 g/mol. The number of benzene rings is 1. The monoisotopic (exact) mass is 215 g/mol. The van der Waals surface area contributed by atoms with E-state index in [1.54, 1.807) is 0 Å². The molecule has 2 saturated carbocycles. The van der Waals surface area contributed by atoms with Crippen LogP contribution in [0.1, 0.15) is 36.8 Å². The lowest BCUT2D eigenvalue weighted by atomic mass is 10.0. The van der Waals surface area contributed by atoms with Crippen LogP contribution in [0.4, 0.5) is 0 Å². The van der Waals surface area contributed by atoms with Gasteiger partial charge < -0.3 is 5.32 Å². The Morgan fingerprint density at radius 3 is 2.75 bits per heavy atom. The van der Waals surface area contributed by atoms with Gasteiger partial charge in [-0.3, -0.25) is 0 Å². The smallest absolute Gasteiger partial charge is 0.0205 e.